The lowest BCUT2D eigenvalue weighted by molar-refractivity contribution is -0.139. The first-order valence-corrected chi connectivity index (χ1v) is 6.88. The third-order valence-electron chi connectivity index (χ3n) is 3.68. The number of carboxylic acid groups (broad SMARTS) is 2. The van der Waals surface area contributed by atoms with Crippen LogP contribution in [-0.2, 0) is 14.4 Å². The number of carbonyl (C=O) groups excluding carboxylic acids is 1. The lowest BCUT2D eigenvalue weighted by Crippen LogP contribution is -2.47. The fraction of sp³-hybridized carbons (Fsp3) is 0.769. The summed E-state index contributed by atoms with van der Waals surface area (Å²) >= 11 is 0. The SMILES string of the molecule is NC(CCC(=O)O)C(=O)N1CCC(CCC(=O)O)CC1. The Labute approximate surface area is 117 Å². The van der Waals surface area contributed by atoms with Gasteiger partial charge in [-0.1, -0.05) is 0 Å². The van der Waals surface area contributed by atoms with Gasteiger partial charge < -0.3 is 20.8 Å². The van der Waals surface area contributed by atoms with Crippen molar-refractivity contribution in [3.05, 3.63) is 0 Å². The Morgan fingerprint density at radius 2 is 1.65 bits per heavy atom. The minimum atomic E-state index is -0.958. The normalized spacial score (nSPS) is 17.8. The molecule has 0 saturated carbocycles. The zero-order valence-corrected chi connectivity index (χ0v) is 11.5. The number of nitrogens with zero attached hydrogens (tertiary/aromatic N) is 1. The number of aliphatic carboxylic acids is 2. The topological polar surface area (TPSA) is 121 Å². The van der Waals surface area contributed by atoms with Crippen LogP contribution in [-0.4, -0.2) is 52.1 Å². The highest BCUT2D eigenvalue weighted by molar-refractivity contribution is 5.82. The molecule has 1 aliphatic heterocycles. The van der Waals surface area contributed by atoms with Crippen molar-refractivity contribution in [1.82, 2.24) is 4.90 Å². The van der Waals surface area contributed by atoms with E-state index >= 15 is 0 Å². The van der Waals surface area contributed by atoms with Gasteiger partial charge in [0.05, 0.1) is 6.04 Å². The Bertz CT molecular complexity index is 364. The maximum Gasteiger partial charge on any atom is 0.303 e. The van der Waals surface area contributed by atoms with Crippen molar-refractivity contribution in [1.29, 1.82) is 0 Å². The van der Waals surface area contributed by atoms with Gasteiger partial charge in [0.1, 0.15) is 0 Å². The predicted molar refractivity (Wildman–Crippen MR) is 71.0 cm³/mol. The molecule has 1 rings (SSSR count). The van der Waals surface area contributed by atoms with Gasteiger partial charge in [-0.15, -0.1) is 0 Å². The van der Waals surface area contributed by atoms with E-state index in [9.17, 15) is 14.4 Å². The summed E-state index contributed by atoms with van der Waals surface area (Å²) in [7, 11) is 0. The summed E-state index contributed by atoms with van der Waals surface area (Å²) in [4.78, 5) is 34.6. The zero-order valence-electron chi connectivity index (χ0n) is 11.5. The van der Waals surface area contributed by atoms with Crippen LogP contribution in [0, 0.1) is 5.92 Å². The number of piperidine rings is 1. The molecule has 0 aromatic heterocycles. The van der Waals surface area contributed by atoms with Crippen LogP contribution in [0.4, 0.5) is 0 Å². The van der Waals surface area contributed by atoms with E-state index in [0.717, 1.165) is 12.8 Å². The molecule has 7 nitrogen and oxygen atoms in total. The average Bonchev–Trinajstić information content (AvgIpc) is 2.42. The van der Waals surface area contributed by atoms with Crippen LogP contribution >= 0.6 is 0 Å². The molecule has 0 spiro atoms. The quantitative estimate of drug-likeness (QED) is 0.618. The average molecular weight is 286 g/mol. The third kappa shape index (κ3) is 5.56. The van der Waals surface area contributed by atoms with Gasteiger partial charge in [0.25, 0.3) is 0 Å². The van der Waals surface area contributed by atoms with Crippen LogP contribution in [0.2, 0.25) is 0 Å². The summed E-state index contributed by atoms with van der Waals surface area (Å²) in [5.74, 6) is -1.62. The maximum absolute atomic E-state index is 12.0. The summed E-state index contributed by atoms with van der Waals surface area (Å²) < 4.78 is 0. The van der Waals surface area contributed by atoms with Gasteiger partial charge >= 0.3 is 11.9 Å². The molecule has 114 valence electrons. The molecule has 1 heterocycles. The molecule has 1 unspecified atom stereocenters. The number of carbonyl (C=O) groups is 3. The Balaban J connectivity index is 2.31. The smallest absolute Gasteiger partial charge is 0.303 e. The van der Waals surface area contributed by atoms with E-state index in [1.54, 1.807) is 4.90 Å². The highest BCUT2D eigenvalue weighted by Gasteiger charge is 2.26. The highest BCUT2D eigenvalue weighted by Crippen LogP contribution is 2.22. The molecule has 1 amide bonds. The van der Waals surface area contributed by atoms with Crippen molar-refractivity contribution in [3.63, 3.8) is 0 Å². The van der Waals surface area contributed by atoms with E-state index in [1.165, 1.54) is 0 Å². The van der Waals surface area contributed by atoms with E-state index in [-0.39, 0.29) is 25.2 Å². The van der Waals surface area contributed by atoms with Crippen molar-refractivity contribution >= 4 is 17.8 Å². The van der Waals surface area contributed by atoms with Crippen LogP contribution in [0.15, 0.2) is 0 Å². The molecule has 1 atom stereocenters. The van der Waals surface area contributed by atoms with Gasteiger partial charge in [-0.2, -0.15) is 0 Å². The molecule has 4 N–H and O–H groups in total. The standard InChI is InChI=1S/C13H22N2O5/c14-10(2-4-12(18)19)13(20)15-7-5-9(6-8-15)1-3-11(16)17/h9-10H,1-8,14H2,(H,16,17)(H,18,19). The predicted octanol–water partition coefficient (Wildman–Crippen LogP) is 0.282. The Kier molecular flexibility index (Phi) is 6.44. The summed E-state index contributed by atoms with van der Waals surface area (Å²) in [5, 5.41) is 17.2. The van der Waals surface area contributed by atoms with Gasteiger partial charge in [0.2, 0.25) is 5.91 Å². The molecule has 0 aliphatic carbocycles. The van der Waals surface area contributed by atoms with Crippen LogP contribution in [0.3, 0.4) is 0 Å². The van der Waals surface area contributed by atoms with Crippen molar-refractivity contribution in [2.45, 2.75) is 44.6 Å². The van der Waals surface area contributed by atoms with Gasteiger partial charge in [-0.25, -0.2) is 0 Å². The van der Waals surface area contributed by atoms with E-state index in [1.807, 2.05) is 0 Å². The van der Waals surface area contributed by atoms with Crippen molar-refractivity contribution in [3.8, 4) is 0 Å². The first kappa shape index (κ1) is 16.4. The summed E-state index contributed by atoms with van der Waals surface area (Å²) in [6, 6.07) is -0.762. The monoisotopic (exact) mass is 286 g/mol. The molecular weight excluding hydrogens is 264 g/mol. The Hall–Kier alpha value is -1.63. The van der Waals surface area contributed by atoms with Crippen LogP contribution in [0.1, 0.15) is 38.5 Å². The van der Waals surface area contributed by atoms with Crippen molar-refractivity contribution in [2.24, 2.45) is 11.7 Å². The first-order valence-electron chi connectivity index (χ1n) is 6.88. The number of likely N-dealkylation sites (tertiary alicyclic amines) is 1. The van der Waals surface area contributed by atoms with Crippen LogP contribution < -0.4 is 5.73 Å². The lowest BCUT2D eigenvalue weighted by atomic mass is 9.92. The lowest BCUT2D eigenvalue weighted by Gasteiger charge is -2.33. The zero-order chi connectivity index (χ0) is 15.1. The Morgan fingerprint density at radius 1 is 1.10 bits per heavy atom. The minimum Gasteiger partial charge on any atom is -0.481 e. The number of amides is 1. The number of hydrogen-bond donors (Lipinski definition) is 3. The molecule has 1 saturated heterocycles. The number of hydrogen-bond acceptors (Lipinski definition) is 4. The van der Waals surface area contributed by atoms with E-state index < -0.39 is 18.0 Å². The van der Waals surface area contributed by atoms with E-state index in [2.05, 4.69) is 0 Å². The fourth-order valence-electron chi connectivity index (χ4n) is 2.41. The van der Waals surface area contributed by atoms with E-state index in [4.69, 9.17) is 15.9 Å². The molecule has 7 heteroatoms. The highest BCUT2D eigenvalue weighted by atomic mass is 16.4. The second-order valence-electron chi connectivity index (χ2n) is 5.24. The molecule has 0 aromatic rings. The molecule has 20 heavy (non-hydrogen) atoms. The van der Waals surface area contributed by atoms with Gasteiger partial charge in [0.15, 0.2) is 0 Å². The van der Waals surface area contributed by atoms with Crippen molar-refractivity contribution in [2.75, 3.05) is 13.1 Å². The summed E-state index contributed by atoms with van der Waals surface area (Å²) in [6.45, 7) is 1.15. The fourth-order valence-corrected chi connectivity index (χ4v) is 2.41. The summed E-state index contributed by atoms with van der Waals surface area (Å²) in [5.41, 5.74) is 5.70. The molecule has 0 bridgehead atoms. The molecule has 0 radical (unpaired) electrons. The van der Waals surface area contributed by atoms with Gasteiger partial charge in [-0.05, 0) is 31.6 Å². The molecular formula is C13H22N2O5. The van der Waals surface area contributed by atoms with E-state index in [0.29, 0.717) is 25.4 Å². The van der Waals surface area contributed by atoms with Crippen LogP contribution in [0.5, 0.6) is 0 Å². The molecule has 1 fully saturated rings. The van der Waals surface area contributed by atoms with Gasteiger partial charge in [-0.3, -0.25) is 14.4 Å². The largest absolute Gasteiger partial charge is 0.481 e. The Morgan fingerprint density at radius 3 is 2.15 bits per heavy atom. The number of rotatable bonds is 7. The second kappa shape index (κ2) is 7.84. The number of nitrogens with two attached hydrogens (primary N) is 1. The van der Waals surface area contributed by atoms with Crippen molar-refractivity contribution < 1.29 is 24.6 Å². The third-order valence-corrected chi connectivity index (χ3v) is 3.68. The van der Waals surface area contributed by atoms with Gasteiger partial charge in [0, 0.05) is 25.9 Å². The summed E-state index contributed by atoms with van der Waals surface area (Å²) in [6.07, 6.45) is 2.41. The minimum absolute atomic E-state index is 0.109. The first-order chi connectivity index (χ1) is 9.40. The van der Waals surface area contributed by atoms with Crippen LogP contribution in [0.25, 0.3) is 0 Å². The second-order valence-corrected chi connectivity index (χ2v) is 5.24. The maximum atomic E-state index is 12.0. The molecule has 0 aromatic carbocycles. The molecule has 1 aliphatic rings. The number of carboxylic acids is 2.